The van der Waals surface area contributed by atoms with Crippen LogP contribution in [-0.2, 0) is 6.61 Å². The summed E-state index contributed by atoms with van der Waals surface area (Å²) in [7, 11) is 1.59. The van der Waals surface area contributed by atoms with E-state index in [2.05, 4.69) is 27.3 Å². The van der Waals surface area contributed by atoms with E-state index in [-0.39, 0.29) is 12.2 Å². The van der Waals surface area contributed by atoms with Gasteiger partial charge in [0.2, 0.25) is 0 Å². The first-order valence-corrected chi connectivity index (χ1v) is 11.9. The van der Waals surface area contributed by atoms with Gasteiger partial charge in [-0.25, -0.2) is 4.98 Å². The molecule has 2 N–H and O–H groups in total. The molecule has 2 aromatic heterocycles. The molecule has 1 amide bonds. The number of benzene rings is 2. The zero-order valence-electron chi connectivity index (χ0n) is 18.9. The molecule has 1 fully saturated rings. The second-order valence-electron chi connectivity index (χ2n) is 8.23. The average molecular weight is 473 g/mol. The second kappa shape index (κ2) is 9.23. The summed E-state index contributed by atoms with van der Waals surface area (Å²) in [6.07, 6.45) is 2.54. The minimum absolute atomic E-state index is 0.275. The number of hydrogen-bond acceptors (Lipinski definition) is 7. The molecule has 5 rings (SSSR count). The molecule has 0 atom stereocenters. The summed E-state index contributed by atoms with van der Waals surface area (Å²) in [4.78, 5) is 17.2. The highest BCUT2D eigenvalue weighted by molar-refractivity contribution is 7.14. The van der Waals surface area contributed by atoms with Gasteiger partial charge in [0.1, 0.15) is 23.8 Å². The molecule has 0 radical (unpaired) electrons. The van der Waals surface area contributed by atoms with Crippen LogP contribution in [-0.4, -0.2) is 28.2 Å². The Hall–Kier alpha value is -3.78. The van der Waals surface area contributed by atoms with Crippen LogP contribution in [0, 0.1) is 6.92 Å². The Labute approximate surface area is 201 Å². The van der Waals surface area contributed by atoms with Crippen LogP contribution in [0.3, 0.4) is 0 Å². The Bertz CT molecular complexity index is 1350. The Balaban J connectivity index is 1.44. The van der Waals surface area contributed by atoms with Gasteiger partial charge < -0.3 is 15.2 Å². The lowest BCUT2D eigenvalue weighted by Crippen LogP contribution is -2.15. The highest BCUT2D eigenvalue weighted by Gasteiger charge is 2.24. The van der Waals surface area contributed by atoms with Crippen molar-refractivity contribution in [2.45, 2.75) is 32.3 Å². The molecule has 0 bridgehead atoms. The van der Waals surface area contributed by atoms with Gasteiger partial charge in [0.25, 0.3) is 5.91 Å². The minimum Gasteiger partial charge on any atom is -0.496 e. The molecule has 172 valence electrons. The van der Waals surface area contributed by atoms with E-state index in [1.54, 1.807) is 7.11 Å². The van der Waals surface area contributed by atoms with Crippen LogP contribution in [0.5, 0.6) is 11.5 Å². The maximum absolute atomic E-state index is 12.6. The van der Waals surface area contributed by atoms with Crippen molar-refractivity contribution in [2.75, 3.05) is 7.11 Å². The third kappa shape index (κ3) is 4.49. The van der Waals surface area contributed by atoms with E-state index in [9.17, 15) is 4.79 Å². The maximum Gasteiger partial charge on any atom is 0.251 e. The zero-order valence-corrected chi connectivity index (χ0v) is 19.8. The third-order valence-corrected chi connectivity index (χ3v) is 6.66. The highest BCUT2D eigenvalue weighted by atomic mass is 32.1. The lowest BCUT2D eigenvalue weighted by molar-refractivity contribution is 0.100. The average Bonchev–Trinajstić information content (AvgIpc) is 3.59. The Kier molecular flexibility index (Phi) is 5.98. The largest absolute Gasteiger partial charge is 0.496 e. The van der Waals surface area contributed by atoms with Gasteiger partial charge in [-0.15, -0.1) is 10.2 Å². The predicted molar refractivity (Wildman–Crippen MR) is 131 cm³/mol. The second-order valence-corrected chi connectivity index (χ2v) is 9.29. The van der Waals surface area contributed by atoms with E-state index in [0.717, 1.165) is 17.0 Å². The van der Waals surface area contributed by atoms with Gasteiger partial charge in [0.05, 0.1) is 12.7 Å². The Morgan fingerprint density at radius 1 is 1.09 bits per heavy atom. The van der Waals surface area contributed by atoms with E-state index in [4.69, 9.17) is 15.2 Å². The van der Waals surface area contributed by atoms with Gasteiger partial charge >= 0.3 is 0 Å². The van der Waals surface area contributed by atoms with Crippen molar-refractivity contribution < 1.29 is 14.3 Å². The molecule has 4 aromatic rings. The monoisotopic (exact) mass is 472 g/mol. The molecule has 34 heavy (non-hydrogen) atoms. The number of aryl methyl sites for hydroxylation is 1. The lowest BCUT2D eigenvalue weighted by atomic mass is 9.96. The number of pyridine rings is 1. The number of rotatable bonds is 8. The lowest BCUT2D eigenvalue weighted by Gasteiger charge is -2.14. The summed E-state index contributed by atoms with van der Waals surface area (Å²) in [5.41, 5.74) is 10.0. The molecule has 0 saturated heterocycles. The first-order chi connectivity index (χ1) is 16.5. The van der Waals surface area contributed by atoms with Crippen LogP contribution in [0.1, 0.15) is 45.4 Å². The number of primary amides is 1. The zero-order chi connectivity index (χ0) is 23.7. The number of ether oxygens (including phenoxy) is 2. The summed E-state index contributed by atoms with van der Waals surface area (Å²) >= 11 is 1.33. The van der Waals surface area contributed by atoms with E-state index in [1.807, 2.05) is 49.4 Å². The van der Waals surface area contributed by atoms with Gasteiger partial charge in [-0.3, -0.25) is 4.79 Å². The van der Waals surface area contributed by atoms with E-state index in [0.29, 0.717) is 32.9 Å². The fourth-order valence-electron chi connectivity index (χ4n) is 3.96. The van der Waals surface area contributed by atoms with Crippen LogP contribution in [0.4, 0.5) is 0 Å². The van der Waals surface area contributed by atoms with Gasteiger partial charge in [0, 0.05) is 16.8 Å². The van der Waals surface area contributed by atoms with Crippen molar-refractivity contribution in [1.29, 1.82) is 0 Å². The molecule has 0 unspecified atom stereocenters. The number of nitrogens with zero attached hydrogens (tertiary/aromatic N) is 3. The number of aromatic nitrogens is 3. The SMILES string of the molecule is COc1ccccc1-c1cc(C)nc(-c2nnc(COc3ccc(C4CC4)cc3)s2)c1C(N)=O. The number of amides is 1. The molecule has 7 nitrogen and oxygen atoms in total. The molecule has 1 aliphatic carbocycles. The number of carbonyl (C=O) groups excluding carboxylic acids is 1. The van der Waals surface area contributed by atoms with Gasteiger partial charge in [-0.1, -0.05) is 41.7 Å². The first-order valence-electron chi connectivity index (χ1n) is 11.0. The number of para-hydroxylation sites is 1. The number of carbonyl (C=O) groups is 1. The summed E-state index contributed by atoms with van der Waals surface area (Å²) in [5.74, 6) is 1.54. The van der Waals surface area contributed by atoms with Crippen LogP contribution >= 0.6 is 11.3 Å². The fourth-order valence-corrected chi connectivity index (χ4v) is 4.71. The summed E-state index contributed by atoms with van der Waals surface area (Å²) in [5, 5.41) is 9.74. The van der Waals surface area contributed by atoms with Gasteiger partial charge in [-0.05, 0) is 55.5 Å². The van der Waals surface area contributed by atoms with Crippen LogP contribution in [0.15, 0.2) is 54.6 Å². The topological polar surface area (TPSA) is 100 Å². The van der Waals surface area contributed by atoms with Crippen molar-refractivity contribution in [2.24, 2.45) is 5.73 Å². The van der Waals surface area contributed by atoms with E-state index in [1.165, 1.54) is 29.7 Å². The number of nitrogens with two attached hydrogens (primary N) is 1. The molecule has 2 aromatic carbocycles. The highest BCUT2D eigenvalue weighted by Crippen LogP contribution is 2.40. The number of methoxy groups -OCH3 is 1. The molecule has 8 heteroatoms. The Morgan fingerprint density at radius 3 is 2.56 bits per heavy atom. The van der Waals surface area contributed by atoms with E-state index < -0.39 is 5.91 Å². The molecular weight excluding hydrogens is 448 g/mol. The molecular formula is C26H24N4O3S. The molecule has 1 aliphatic rings. The quantitative estimate of drug-likeness (QED) is 0.381. The predicted octanol–water partition coefficient (Wildman–Crippen LogP) is 5.14. The van der Waals surface area contributed by atoms with Crippen molar-refractivity contribution in [1.82, 2.24) is 15.2 Å². The maximum atomic E-state index is 12.6. The fraction of sp³-hybridized carbons (Fsp3) is 0.231. The van der Waals surface area contributed by atoms with Crippen molar-refractivity contribution >= 4 is 17.2 Å². The summed E-state index contributed by atoms with van der Waals surface area (Å²) in [6, 6.07) is 17.5. The van der Waals surface area contributed by atoms with Crippen molar-refractivity contribution in [3.63, 3.8) is 0 Å². The molecule has 2 heterocycles. The van der Waals surface area contributed by atoms with Gasteiger partial charge in [-0.2, -0.15) is 0 Å². The van der Waals surface area contributed by atoms with Crippen LogP contribution in [0.25, 0.3) is 21.8 Å². The van der Waals surface area contributed by atoms with Crippen molar-refractivity contribution in [3.8, 4) is 33.3 Å². The molecule has 0 aliphatic heterocycles. The number of hydrogen-bond donors (Lipinski definition) is 1. The first kappa shape index (κ1) is 22.0. The minimum atomic E-state index is -0.591. The molecule has 0 spiro atoms. The standard InChI is InChI=1S/C26H24N4O3S/c1-15-13-20(19-5-3-4-6-21(19)32-2)23(25(27)31)24(28-15)26-30-29-22(34-26)14-33-18-11-9-17(10-12-18)16-7-8-16/h3-6,9-13,16H,7-8,14H2,1-2H3,(H2,27,31). The van der Waals surface area contributed by atoms with Crippen molar-refractivity contribution in [3.05, 3.63) is 76.4 Å². The van der Waals surface area contributed by atoms with Crippen LogP contribution in [0.2, 0.25) is 0 Å². The molecule has 1 saturated carbocycles. The third-order valence-electron chi connectivity index (χ3n) is 5.75. The normalized spacial score (nSPS) is 13.0. The van der Waals surface area contributed by atoms with Gasteiger partial charge in [0.15, 0.2) is 10.0 Å². The summed E-state index contributed by atoms with van der Waals surface area (Å²) in [6.45, 7) is 2.14. The summed E-state index contributed by atoms with van der Waals surface area (Å²) < 4.78 is 11.4. The van der Waals surface area contributed by atoms with E-state index >= 15 is 0 Å². The van der Waals surface area contributed by atoms with Crippen LogP contribution < -0.4 is 15.2 Å². The smallest absolute Gasteiger partial charge is 0.251 e. The Morgan fingerprint density at radius 2 is 1.85 bits per heavy atom.